The maximum absolute atomic E-state index is 12.1. The molecule has 0 spiro atoms. The highest BCUT2D eigenvalue weighted by Crippen LogP contribution is 2.28. The van der Waals surface area contributed by atoms with Gasteiger partial charge in [0.15, 0.2) is 16.6 Å². The second-order valence-electron chi connectivity index (χ2n) is 6.16. The molecular formula is C21H24N2O3S. The van der Waals surface area contributed by atoms with Gasteiger partial charge >= 0.3 is 0 Å². The van der Waals surface area contributed by atoms with Crippen LogP contribution in [0.3, 0.4) is 0 Å². The Bertz CT molecular complexity index is 868. The number of methoxy groups -OCH3 is 2. The fourth-order valence-electron chi connectivity index (χ4n) is 2.80. The maximum atomic E-state index is 12.1. The number of benzene rings is 2. The van der Waals surface area contributed by atoms with E-state index in [1.807, 2.05) is 26.8 Å². The van der Waals surface area contributed by atoms with Gasteiger partial charge < -0.3 is 14.8 Å². The standard InChI is InChI=1S/C21H24N2O3S/c1-13-10-14(2)20(15(3)11-13)23-21(27)22-19(24)9-7-16-6-8-17(25-4)18(12-16)26-5/h6-12H,1-5H3,(H2,22,23,24,27). The number of hydrogen-bond donors (Lipinski definition) is 2. The van der Waals surface area contributed by atoms with Gasteiger partial charge in [-0.2, -0.15) is 0 Å². The summed E-state index contributed by atoms with van der Waals surface area (Å²) >= 11 is 5.25. The summed E-state index contributed by atoms with van der Waals surface area (Å²) in [5, 5.41) is 6.01. The predicted molar refractivity (Wildman–Crippen MR) is 114 cm³/mol. The molecular weight excluding hydrogens is 360 g/mol. The van der Waals surface area contributed by atoms with Crippen molar-refractivity contribution in [2.75, 3.05) is 19.5 Å². The Morgan fingerprint density at radius 2 is 1.63 bits per heavy atom. The summed E-state index contributed by atoms with van der Waals surface area (Å²) in [7, 11) is 3.14. The van der Waals surface area contributed by atoms with Crippen LogP contribution in [-0.2, 0) is 4.79 Å². The highest BCUT2D eigenvalue weighted by atomic mass is 32.1. The maximum Gasteiger partial charge on any atom is 0.250 e. The minimum absolute atomic E-state index is 0.256. The van der Waals surface area contributed by atoms with Crippen LogP contribution in [0, 0.1) is 20.8 Å². The molecule has 0 aliphatic carbocycles. The van der Waals surface area contributed by atoms with Crippen LogP contribution >= 0.6 is 12.2 Å². The number of rotatable bonds is 5. The minimum Gasteiger partial charge on any atom is -0.493 e. The van der Waals surface area contributed by atoms with Crippen molar-refractivity contribution in [1.29, 1.82) is 0 Å². The third-order valence-electron chi connectivity index (χ3n) is 3.99. The monoisotopic (exact) mass is 384 g/mol. The Morgan fingerprint density at radius 1 is 1.00 bits per heavy atom. The summed E-state index contributed by atoms with van der Waals surface area (Å²) in [6.45, 7) is 6.05. The molecule has 0 unspecified atom stereocenters. The van der Waals surface area contributed by atoms with Crippen molar-refractivity contribution < 1.29 is 14.3 Å². The second-order valence-corrected chi connectivity index (χ2v) is 6.57. The average Bonchev–Trinajstić information content (AvgIpc) is 2.62. The first-order valence-corrected chi connectivity index (χ1v) is 8.84. The van der Waals surface area contributed by atoms with Crippen molar-refractivity contribution in [1.82, 2.24) is 5.32 Å². The molecule has 142 valence electrons. The fourth-order valence-corrected chi connectivity index (χ4v) is 3.01. The molecule has 0 saturated heterocycles. The Kier molecular flexibility index (Phi) is 6.96. The normalized spacial score (nSPS) is 10.6. The zero-order valence-corrected chi connectivity index (χ0v) is 17.0. The van der Waals surface area contributed by atoms with Crippen molar-refractivity contribution in [2.24, 2.45) is 0 Å². The first-order chi connectivity index (χ1) is 12.8. The number of nitrogens with one attached hydrogen (secondary N) is 2. The number of thiocarbonyl (C=S) groups is 1. The van der Waals surface area contributed by atoms with Gasteiger partial charge in [0.05, 0.1) is 14.2 Å². The summed E-state index contributed by atoms with van der Waals surface area (Å²) in [5.74, 6) is 0.917. The molecule has 0 fully saturated rings. The van der Waals surface area contributed by atoms with Crippen LogP contribution in [0.4, 0.5) is 5.69 Å². The van der Waals surface area contributed by atoms with E-state index in [1.54, 1.807) is 32.4 Å². The molecule has 6 heteroatoms. The van der Waals surface area contributed by atoms with Gasteiger partial charge in [-0.1, -0.05) is 23.8 Å². The van der Waals surface area contributed by atoms with Crippen molar-refractivity contribution in [3.05, 3.63) is 58.7 Å². The number of ether oxygens (including phenoxy) is 2. The first kappa shape index (κ1) is 20.5. The van der Waals surface area contributed by atoms with Gasteiger partial charge in [-0.15, -0.1) is 0 Å². The molecule has 0 bridgehead atoms. The molecule has 2 N–H and O–H groups in total. The second kappa shape index (κ2) is 9.19. The average molecular weight is 385 g/mol. The number of aryl methyl sites for hydroxylation is 3. The largest absolute Gasteiger partial charge is 0.493 e. The number of hydrogen-bond acceptors (Lipinski definition) is 4. The van der Waals surface area contributed by atoms with Gasteiger partial charge in [0.2, 0.25) is 5.91 Å². The van der Waals surface area contributed by atoms with Crippen LogP contribution in [0.5, 0.6) is 11.5 Å². The minimum atomic E-state index is -0.315. The Hall–Kier alpha value is -2.86. The van der Waals surface area contributed by atoms with Crippen LogP contribution < -0.4 is 20.1 Å². The molecule has 0 radical (unpaired) electrons. The highest BCUT2D eigenvalue weighted by Gasteiger charge is 2.08. The molecule has 0 atom stereocenters. The summed E-state index contributed by atoms with van der Waals surface area (Å²) in [4.78, 5) is 12.1. The molecule has 27 heavy (non-hydrogen) atoms. The van der Waals surface area contributed by atoms with Crippen molar-refractivity contribution in [3.8, 4) is 11.5 Å². The predicted octanol–water partition coefficient (Wildman–Crippen LogP) is 4.16. The molecule has 2 rings (SSSR count). The Labute approximate surface area is 165 Å². The van der Waals surface area contributed by atoms with Crippen LogP contribution in [0.15, 0.2) is 36.4 Å². The zero-order chi connectivity index (χ0) is 20.0. The molecule has 0 saturated carbocycles. The van der Waals surface area contributed by atoms with Crippen LogP contribution in [0.25, 0.3) is 6.08 Å². The number of amides is 1. The van der Waals surface area contributed by atoms with E-state index in [0.29, 0.717) is 11.5 Å². The molecule has 2 aromatic carbocycles. The fraction of sp³-hybridized carbons (Fsp3) is 0.238. The topological polar surface area (TPSA) is 59.6 Å². The van der Waals surface area contributed by atoms with E-state index in [2.05, 4.69) is 22.8 Å². The lowest BCUT2D eigenvalue weighted by molar-refractivity contribution is -0.115. The van der Waals surface area contributed by atoms with E-state index in [1.165, 1.54) is 11.6 Å². The quantitative estimate of drug-likeness (QED) is 0.599. The number of carbonyl (C=O) groups excluding carboxylic acids is 1. The SMILES string of the molecule is COc1ccc(C=CC(=O)NC(=S)Nc2c(C)cc(C)cc2C)cc1OC. The molecule has 0 heterocycles. The zero-order valence-electron chi connectivity index (χ0n) is 16.2. The summed E-state index contributed by atoms with van der Waals surface area (Å²) in [6, 6.07) is 9.54. The van der Waals surface area contributed by atoms with Gasteiger partial charge in [0.25, 0.3) is 0 Å². The van der Waals surface area contributed by atoms with E-state index >= 15 is 0 Å². The lowest BCUT2D eigenvalue weighted by Gasteiger charge is -2.14. The third-order valence-corrected chi connectivity index (χ3v) is 4.19. The van der Waals surface area contributed by atoms with Crippen molar-refractivity contribution in [2.45, 2.75) is 20.8 Å². The van der Waals surface area contributed by atoms with Gasteiger partial charge in [-0.3, -0.25) is 10.1 Å². The van der Waals surface area contributed by atoms with E-state index in [4.69, 9.17) is 21.7 Å². The molecule has 5 nitrogen and oxygen atoms in total. The first-order valence-electron chi connectivity index (χ1n) is 8.44. The van der Waals surface area contributed by atoms with Crippen LogP contribution in [-0.4, -0.2) is 25.2 Å². The molecule has 0 aliphatic rings. The Balaban J connectivity index is 2.01. The van der Waals surface area contributed by atoms with Gasteiger partial charge in [-0.25, -0.2) is 0 Å². The Morgan fingerprint density at radius 3 is 2.22 bits per heavy atom. The van der Waals surface area contributed by atoms with Crippen molar-refractivity contribution >= 4 is 35.0 Å². The number of carbonyl (C=O) groups is 1. The lowest BCUT2D eigenvalue weighted by Crippen LogP contribution is -2.33. The molecule has 0 aliphatic heterocycles. The van der Waals surface area contributed by atoms with E-state index in [-0.39, 0.29) is 11.0 Å². The van der Waals surface area contributed by atoms with Crippen molar-refractivity contribution in [3.63, 3.8) is 0 Å². The van der Waals surface area contributed by atoms with Crippen LogP contribution in [0.1, 0.15) is 22.3 Å². The molecule has 2 aromatic rings. The van der Waals surface area contributed by atoms with E-state index in [0.717, 1.165) is 22.4 Å². The highest BCUT2D eigenvalue weighted by molar-refractivity contribution is 7.80. The lowest BCUT2D eigenvalue weighted by atomic mass is 10.1. The molecule has 0 aromatic heterocycles. The summed E-state index contributed by atoms with van der Waals surface area (Å²) in [6.07, 6.45) is 3.10. The number of anilines is 1. The molecule has 1 amide bonds. The van der Waals surface area contributed by atoms with Gasteiger partial charge in [0, 0.05) is 11.8 Å². The van der Waals surface area contributed by atoms with Crippen LogP contribution in [0.2, 0.25) is 0 Å². The summed E-state index contributed by atoms with van der Waals surface area (Å²) < 4.78 is 10.5. The van der Waals surface area contributed by atoms with E-state index in [9.17, 15) is 4.79 Å². The third kappa shape index (κ3) is 5.56. The summed E-state index contributed by atoms with van der Waals surface area (Å²) in [5.41, 5.74) is 5.06. The smallest absolute Gasteiger partial charge is 0.250 e. The van der Waals surface area contributed by atoms with Gasteiger partial charge in [0.1, 0.15) is 0 Å². The van der Waals surface area contributed by atoms with Gasteiger partial charge in [-0.05, 0) is 67.9 Å². The van der Waals surface area contributed by atoms with E-state index < -0.39 is 0 Å².